The highest BCUT2D eigenvalue weighted by molar-refractivity contribution is 6.01. The van der Waals surface area contributed by atoms with Gasteiger partial charge in [-0.15, -0.1) is 0 Å². The third-order valence-electron chi connectivity index (χ3n) is 5.21. The van der Waals surface area contributed by atoms with Gasteiger partial charge in [0.25, 0.3) is 5.91 Å². The zero-order valence-corrected chi connectivity index (χ0v) is 16.6. The quantitative estimate of drug-likeness (QED) is 0.615. The van der Waals surface area contributed by atoms with E-state index in [4.69, 9.17) is 0 Å². The maximum atomic E-state index is 13.4. The van der Waals surface area contributed by atoms with E-state index in [0.717, 1.165) is 23.3 Å². The first kappa shape index (κ1) is 20.7. The first-order valence-corrected chi connectivity index (χ1v) is 9.67. The van der Waals surface area contributed by atoms with Crippen LogP contribution < -0.4 is 5.32 Å². The van der Waals surface area contributed by atoms with E-state index in [9.17, 15) is 22.8 Å². The van der Waals surface area contributed by atoms with Gasteiger partial charge in [-0.3, -0.25) is 9.59 Å². The maximum absolute atomic E-state index is 13.4. The van der Waals surface area contributed by atoms with E-state index in [1.54, 1.807) is 6.07 Å². The van der Waals surface area contributed by atoms with Gasteiger partial charge in [-0.1, -0.05) is 54.1 Å². The number of anilines is 1. The van der Waals surface area contributed by atoms with Crippen LogP contribution >= 0.6 is 0 Å². The number of aryl methyl sites for hydroxylation is 1. The summed E-state index contributed by atoms with van der Waals surface area (Å²) in [6, 6.07) is 18.3. The van der Waals surface area contributed by atoms with E-state index in [-0.39, 0.29) is 12.1 Å². The molecule has 3 aromatic carbocycles. The van der Waals surface area contributed by atoms with Crippen LogP contribution in [0.4, 0.5) is 18.9 Å². The molecule has 2 amide bonds. The molecule has 0 spiro atoms. The number of carbonyl (C=O) groups is 2. The molecule has 4 rings (SSSR count). The minimum Gasteiger partial charge on any atom is -0.324 e. The van der Waals surface area contributed by atoms with Crippen LogP contribution in [0.2, 0.25) is 0 Å². The smallest absolute Gasteiger partial charge is 0.324 e. The first-order valence-electron chi connectivity index (χ1n) is 9.67. The molecule has 7 heteroatoms. The van der Waals surface area contributed by atoms with Crippen LogP contribution in [0.25, 0.3) is 0 Å². The summed E-state index contributed by atoms with van der Waals surface area (Å²) in [7, 11) is 0. The monoisotopic (exact) mass is 424 g/mol. The van der Waals surface area contributed by atoms with Gasteiger partial charge in [0, 0.05) is 16.8 Å². The molecule has 1 N–H and O–H groups in total. The maximum Gasteiger partial charge on any atom is 0.416 e. The Morgan fingerprint density at radius 1 is 1.00 bits per heavy atom. The standard InChI is InChI=1S/C24H19F3N2O2/c1-15-10-11-20-19(12-15)22(16-6-3-2-4-7-16)29(14-21(30)28-20)23(31)17-8-5-9-18(13-17)24(25,26)27/h2-13,22H,14H2,1H3,(H,28,30). The molecule has 158 valence electrons. The van der Waals surface area contributed by atoms with Gasteiger partial charge in [0.1, 0.15) is 6.54 Å². The normalized spacial score (nSPS) is 16.3. The number of fused-ring (bicyclic) bond motifs is 1. The number of rotatable bonds is 2. The van der Waals surface area contributed by atoms with Gasteiger partial charge < -0.3 is 10.2 Å². The lowest BCUT2D eigenvalue weighted by Crippen LogP contribution is -2.39. The summed E-state index contributed by atoms with van der Waals surface area (Å²) in [5.74, 6) is -1.06. The lowest BCUT2D eigenvalue weighted by atomic mass is 9.94. The average Bonchev–Trinajstić information content (AvgIpc) is 2.89. The highest BCUT2D eigenvalue weighted by Crippen LogP contribution is 2.37. The molecular weight excluding hydrogens is 405 g/mol. The molecule has 1 atom stereocenters. The molecule has 0 radical (unpaired) electrons. The molecule has 1 aliphatic rings. The summed E-state index contributed by atoms with van der Waals surface area (Å²) < 4.78 is 39.6. The van der Waals surface area contributed by atoms with Crippen molar-refractivity contribution in [2.75, 3.05) is 11.9 Å². The Labute approximate surface area is 177 Å². The number of alkyl halides is 3. The molecule has 1 heterocycles. The molecule has 0 aromatic heterocycles. The summed E-state index contributed by atoms with van der Waals surface area (Å²) in [5, 5.41) is 2.81. The van der Waals surface area contributed by atoms with Crippen LogP contribution in [-0.2, 0) is 11.0 Å². The number of nitrogens with zero attached hydrogens (tertiary/aromatic N) is 1. The van der Waals surface area contributed by atoms with Crippen molar-refractivity contribution in [3.63, 3.8) is 0 Å². The molecule has 0 saturated carbocycles. The summed E-state index contributed by atoms with van der Waals surface area (Å²) in [4.78, 5) is 27.4. The molecule has 0 fully saturated rings. The Hall–Kier alpha value is -3.61. The fourth-order valence-corrected chi connectivity index (χ4v) is 3.80. The van der Waals surface area contributed by atoms with E-state index < -0.39 is 29.6 Å². The summed E-state index contributed by atoms with van der Waals surface area (Å²) in [6.07, 6.45) is -4.57. The second kappa shape index (κ2) is 7.91. The van der Waals surface area contributed by atoms with Gasteiger partial charge in [-0.25, -0.2) is 0 Å². The van der Waals surface area contributed by atoms with E-state index >= 15 is 0 Å². The van der Waals surface area contributed by atoms with Crippen LogP contribution in [0.5, 0.6) is 0 Å². The highest BCUT2D eigenvalue weighted by atomic mass is 19.4. The molecular formula is C24H19F3N2O2. The molecule has 0 saturated heterocycles. The van der Waals surface area contributed by atoms with Crippen molar-refractivity contribution < 1.29 is 22.8 Å². The molecule has 1 aliphatic heterocycles. The second-order valence-electron chi connectivity index (χ2n) is 7.46. The van der Waals surface area contributed by atoms with Crippen LogP contribution in [-0.4, -0.2) is 23.3 Å². The molecule has 3 aromatic rings. The Balaban J connectivity index is 1.86. The summed E-state index contributed by atoms with van der Waals surface area (Å²) in [6.45, 7) is 1.61. The fraction of sp³-hybridized carbons (Fsp3) is 0.167. The number of carbonyl (C=O) groups excluding carboxylic acids is 2. The number of hydrogen-bond acceptors (Lipinski definition) is 2. The summed E-state index contributed by atoms with van der Waals surface area (Å²) >= 11 is 0. The number of nitrogens with one attached hydrogen (secondary N) is 1. The molecule has 31 heavy (non-hydrogen) atoms. The lowest BCUT2D eigenvalue weighted by Gasteiger charge is -2.31. The van der Waals surface area contributed by atoms with Crippen LogP contribution in [0, 0.1) is 6.92 Å². The van der Waals surface area contributed by atoms with E-state index in [1.807, 2.05) is 49.4 Å². The van der Waals surface area contributed by atoms with Crippen LogP contribution in [0.1, 0.15) is 38.7 Å². The Morgan fingerprint density at radius 2 is 1.74 bits per heavy atom. The zero-order chi connectivity index (χ0) is 22.2. The third-order valence-corrected chi connectivity index (χ3v) is 5.21. The van der Waals surface area contributed by atoms with Crippen molar-refractivity contribution in [1.82, 2.24) is 4.90 Å². The van der Waals surface area contributed by atoms with Crippen molar-refractivity contribution in [3.05, 3.63) is 101 Å². The van der Waals surface area contributed by atoms with Gasteiger partial charge in [0.05, 0.1) is 11.6 Å². The largest absolute Gasteiger partial charge is 0.416 e. The number of benzene rings is 3. The van der Waals surface area contributed by atoms with Crippen molar-refractivity contribution in [1.29, 1.82) is 0 Å². The van der Waals surface area contributed by atoms with E-state index in [0.29, 0.717) is 11.3 Å². The SMILES string of the molecule is Cc1ccc2c(c1)C(c1ccccc1)N(C(=O)c1cccc(C(F)(F)F)c1)CC(=O)N2. The fourth-order valence-electron chi connectivity index (χ4n) is 3.80. The predicted octanol–water partition coefficient (Wildman–Crippen LogP) is 5.20. The molecule has 1 unspecified atom stereocenters. The molecule has 4 nitrogen and oxygen atoms in total. The van der Waals surface area contributed by atoms with Gasteiger partial charge in [0.2, 0.25) is 5.91 Å². The van der Waals surface area contributed by atoms with E-state index in [1.165, 1.54) is 17.0 Å². The minimum atomic E-state index is -4.57. The Bertz CT molecular complexity index is 1140. The first-order chi connectivity index (χ1) is 14.7. The second-order valence-corrected chi connectivity index (χ2v) is 7.46. The lowest BCUT2D eigenvalue weighted by molar-refractivity contribution is -0.137. The summed E-state index contributed by atoms with van der Waals surface area (Å²) in [5.41, 5.74) is 1.93. The van der Waals surface area contributed by atoms with Crippen molar-refractivity contribution >= 4 is 17.5 Å². The predicted molar refractivity (Wildman–Crippen MR) is 111 cm³/mol. The molecule has 0 aliphatic carbocycles. The van der Waals surface area contributed by atoms with Gasteiger partial charge in [-0.05, 0) is 36.8 Å². The Kier molecular flexibility index (Phi) is 5.27. The topological polar surface area (TPSA) is 49.4 Å². The third kappa shape index (κ3) is 4.17. The molecule has 0 bridgehead atoms. The van der Waals surface area contributed by atoms with Crippen molar-refractivity contribution in [2.45, 2.75) is 19.1 Å². The van der Waals surface area contributed by atoms with Crippen LogP contribution in [0.15, 0.2) is 72.8 Å². The number of amides is 2. The Morgan fingerprint density at radius 3 is 2.45 bits per heavy atom. The zero-order valence-electron chi connectivity index (χ0n) is 16.6. The van der Waals surface area contributed by atoms with Crippen molar-refractivity contribution in [3.8, 4) is 0 Å². The average molecular weight is 424 g/mol. The number of halogens is 3. The van der Waals surface area contributed by atoms with Crippen LogP contribution in [0.3, 0.4) is 0 Å². The highest BCUT2D eigenvalue weighted by Gasteiger charge is 2.35. The van der Waals surface area contributed by atoms with Gasteiger partial charge >= 0.3 is 6.18 Å². The minimum absolute atomic E-state index is 0.125. The van der Waals surface area contributed by atoms with Crippen molar-refractivity contribution in [2.24, 2.45) is 0 Å². The number of hydrogen-bond donors (Lipinski definition) is 1. The van der Waals surface area contributed by atoms with E-state index in [2.05, 4.69) is 5.32 Å². The van der Waals surface area contributed by atoms with Gasteiger partial charge in [-0.2, -0.15) is 13.2 Å². The van der Waals surface area contributed by atoms with Gasteiger partial charge in [0.15, 0.2) is 0 Å².